The zero-order valence-corrected chi connectivity index (χ0v) is 21.4. The molecule has 0 N–H and O–H groups in total. The summed E-state index contributed by atoms with van der Waals surface area (Å²) in [4.78, 5) is -0.432. The van der Waals surface area contributed by atoms with E-state index in [2.05, 4.69) is 0 Å². The first kappa shape index (κ1) is 26.2. The smallest absolute Gasteiger partial charge is 0.266 e. The fourth-order valence-corrected chi connectivity index (χ4v) is 6.29. The summed E-state index contributed by atoms with van der Waals surface area (Å²) in [6.45, 7) is 5.77. The lowest BCUT2D eigenvalue weighted by atomic mass is 9.78. The van der Waals surface area contributed by atoms with Crippen molar-refractivity contribution in [2.45, 2.75) is 43.7 Å². The highest BCUT2D eigenvalue weighted by molar-refractivity contribution is 7.92. The molecular weight excluding hydrogens is 514 g/mol. The quantitative estimate of drug-likeness (QED) is 0.250. The fraction of sp³-hybridized carbons (Fsp3) is 0.259. The van der Waals surface area contributed by atoms with Crippen molar-refractivity contribution in [3.05, 3.63) is 93.8 Å². The van der Waals surface area contributed by atoms with Gasteiger partial charge in [0.15, 0.2) is 0 Å². The summed E-state index contributed by atoms with van der Waals surface area (Å²) >= 11 is 6.19. The summed E-state index contributed by atoms with van der Waals surface area (Å²) in [6.07, 6.45) is -2.49. The van der Waals surface area contributed by atoms with Crippen LogP contribution in [-0.4, -0.2) is 15.0 Å². The topological polar surface area (TPSA) is 37.4 Å². The number of halogens is 5. The SMILES string of the molecule is C/C(=C\c1ccc2c(c1)N(S(=O)(=O)c1cccc(C(F)(F)F)c1)CCC2(C)C)c1c(F)cccc1Cl. The van der Waals surface area contributed by atoms with E-state index in [1.165, 1.54) is 12.1 Å². The van der Waals surface area contributed by atoms with Crippen LogP contribution in [0.15, 0.2) is 65.6 Å². The Morgan fingerprint density at radius 2 is 1.75 bits per heavy atom. The van der Waals surface area contributed by atoms with Gasteiger partial charge in [0, 0.05) is 12.1 Å². The molecule has 0 saturated heterocycles. The van der Waals surface area contributed by atoms with Crippen LogP contribution in [-0.2, 0) is 21.6 Å². The highest BCUT2D eigenvalue weighted by Crippen LogP contribution is 2.43. The van der Waals surface area contributed by atoms with Crippen molar-refractivity contribution in [3.63, 3.8) is 0 Å². The van der Waals surface area contributed by atoms with Gasteiger partial charge in [-0.1, -0.05) is 55.8 Å². The molecule has 0 bridgehead atoms. The Morgan fingerprint density at radius 1 is 1.06 bits per heavy atom. The summed E-state index contributed by atoms with van der Waals surface area (Å²) in [5.41, 5.74) is 1.13. The van der Waals surface area contributed by atoms with Crippen LogP contribution in [0.2, 0.25) is 5.02 Å². The van der Waals surface area contributed by atoms with Gasteiger partial charge >= 0.3 is 6.18 Å². The molecule has 0 fully saturated rings. The van der Waals surface area contributed by atoms with Crippen LogP contribution < -0.4 is 4.31 Å². The van der Waals surface area contributed by atoms with Crippen molar-refractivity contribution in [2.75, 3.05) is 10.8 Å². The molecule has 4 rings (SSSR count). The summed E-state index contributed by atoms with van der Waals surface area (Å²) in [5.74, 6) is -0.482. The van der Waals surface area contributed by atoms with Crippen LogP contribution in [0.25, 0.3) is 11.6 Å². The van der Waals surface area contributed by atoms with E-state index >= 15 is 0 Å². The summed E-state index contributed by atoms with van der Waals surface area (Å²) < 4.78 is 82.5. The maximum absolute atomic E-state index is 14.4. The molecule has 36 heavy (non-hydrogen) atoms. The molecule has 9 heteroatoms. The summed E-state index contributed by atoms with van der Waals surface area (Å²) in [7, 11) is -4.29. The van der Waals surface area contributed by atoms with Crippen LogP contribution >= 0.6 is 11.6 Å². The first-order valence-corrected chi connectivity index (χ1v) is 13.0. The second-order valence-corrected chi connectivity index (χ2v) is 11.7. The van der Waals surface area contributed by atoms with E-state index in [4.69, 9.17) is 11.6 Å². The van der Waals surface area contributed by atoms with Crippen LogP contribution in [0.1, 0.15) is 49.4 Å². The zero-order valence-electron chi connectivity index (χ0n) is 19.8. The Labute approximate surface area is 213 Å². The number of allylic oxidation sites excluding steroid dienone is 1. The minimum Gasteiger partial charge on any atom is -0.266 e. The lowest BCUT2D eigenvalue weighted by Crippen LogP contribution is -2.41. The van der Waals surface area contributed by atoms with E-state index in [0.717, 1.165) is 28.1 Å². The predicted octanol–water partition coefficient (Wildman–Crippen LogP) is 7.94. The van der Waals surface area contributed by atoms with E-state index in [1.807, 2.05) is 19.9 Å². The van der Waals surface area contributed by atoms with Crippen molar-refractivity contribution >= 4 is 39.0 Å². The Hall–Kier alpha value is -2.84. The molecule has 0 radical (unpaired) electrons. The van der Waals surface area contributed by atoms with Gasteiger partial charge in [-0.15, -0.1) is 0 Å². The van der Waals surface area contributed by atoms with Crippen molar-refractivity contribution in [1.82, 2.24) is 0 Å². The van der Waals surface area contributed by atoms with Gasteiger partial charge in [-0.2, -0.15) is 13.2 Å². The number of anilines is 1. The van der Waals surface area contributed by atoms with Gasteiger partial charge in [-0.3, -0.25) is 4.31 Å². The molecule has 0 atom stereocenters. The van der Waals surface area contributed by atoms with Gasteiger partial charge in [-0.05, 0) is 71.9 Å². The molecule has 3 aromatic rings. The van der Waals surface area contributed by atoms with Crippen molar-refractivity contribution in [3.8, 4) is 0 Å². The van der Waals surface area contributed by atoms with Gasteiger partial charge in [0.1, 0.15) is 5.82 Å². The standard InChI is InChI=1S/C27H24ClF4NO2S/c1-17(25-22(28)8-5-9-23(25)29)14-18-10-11-21-24(15-18)33(13-12-26(21,2)3)36(34,35)20-7-4-6-19(16-20)27(30,31)32/h4-11,14-16H,12-13H2,1-3H3/b17-14+. The molecular formula is C27H24ClF4NO2S. The molecule has 1 aliphatic rings. The molecule has 1 heterocycles. The monoisotopic (exact) mass is 537 g/mol. The fourth-order valence-electron chi connectivity index (χ4n) is 4.46. The number of hydrogen-bond acceptors (Lipinski definition) is 2. The predicted molar refractivity (Wildman–Crippen MR) is 135 cm³/mol. The third kappa shape index (κ3) is 4.89. The molecule has 0 aliphatic carbocycles. The van der Waals surface area contributed by atoms with Gasteiger partial charge in [0.2, 0.25) is 0 Å². The molecule has 0 aromatic heterocycles. The highest BCUT2D eigenvalue weighted by Gasteiger charge is 2.38. The van der Waals surface area contributed by atoms with Crippen molar-refractivity contribution in [2.24, 2.45) is 0 Å². The maximum Gasteiger partial charge on any atom is 0.416 e. The second-order valence-electron chi connectivity index (χ2n) is 9.44. The summed E-state index contributed by atoms with van der Waals surface area (Å²) in [5, 5.41) is 0.247. The number of benzene rings is 3. The Kier molecular flexibility index (Phi) is 6.73. The van der Waals surface area contributed by atoms with Crippen molar-refractivity contribution in [1.29, 1.82) is 0 Å². The van der Waals surface area contributed by atoms with E-state index in [1.54, 1.807) is 31.2 Å². The molecule has 0 saturated carbocycles. The molecule has 190 valence electrons. The van der Waals surface area contributed by atoms with Crippen molar-refractivity contribution < 1.29 is 26.0 Å². The number of rotatable bonds is 4. The second kappa shape index (κ2) is 9.23. The van der Waals surface area contributed by atoms with Crippen LogP contribution in [0.4, 0.5) is 23.2 Å². The molecule has 3 nitrogen and oxygen atoms in total. The third-order valence-electron chi connectivity index (χ3n) is 6.45. The zero-order chi connectivity index (χ0) is 26.5. The number of nitrogens with zero attached hydrogens (tertiary/aromatic N) is 1. The largest absolute Gasteiger partial charge is 0.416 e. The molecule has 1 aliphatic heterocycles. The summed E-state index contributed by atoms with van der Waals surface area (Å²) in [6, 6.07) is 13.4. The van der Waals surface area contributed by atoms with Gasteiger partial charge in [-0.25, -0.2) is 12.8 Å². The number of hydrogen-bond donors (Lipinski definition) is 0. The van der Waals surface area contributed by atoms with Crippen LogP contribution in [0.3, 0.4) is 0 Å². The number of sulfonamides is 1. The lowest BCUT2D eigenvalue weighted by Gasteiger charge is -2.39. The van der Waals surface area contributed by atoms with Gasteiger partial charge in [0.25, 0.3) is 10.0 Å². The van der Waals surface area contributed by atoms with Gasteiger partial charge in [0.05, 0.1) is 21.2 Å². The minimum absolute atomic E-state index is 0.101. The Balaban J connectivity index is 1.83. The highest BCUT2D eigenvalue weighted by atomic mass is 35.5. The lowest BCUT2D eigenvalue weighted by molar-refractivity contribution is -0.137. The maximum atomic E-state index is 14.4. The van der Waals surface area contributed by atoms with Crippen LogP contribution in [0, 0.1) is 5.82 Å². The Morgan fingerprint density at radius 3 is 2.42 bits per heavy atom. The third-order valence-corrected chi connectivity index (χ3v) is 8.57. The minimum atomic E-state index is -4.67. The molecule has 0 spiro atoms. The molecule has 0 unspecified atom stereocenters. The van der Waals surface area contributed by atoms with E-state index in [0.29, 0.717) is 29.3 Å². The Bertz CT molecular complexity index is 1440. The average Bonchev–Trinajstić information content (AvgIpc) is 2.78. The normalized spacial score (nSPS) is 16.1. The van der Waals surface area contributed by atoms with E-state index in [-0.39, 0.29) is 22.5 Å². The molecule has 3 aromatic carbocycles. The number of fused-ring (bicyclic) bond motifs is 1. The first-order chi connectivity index (χ1) is 16.7. The first-order valence-electron chi connectivity index (χ1n) is 11.2. The number of alkyl halides is 3. The van der Waals surface area contributed by atoms with E-state index in [9.17, 15) is 26.0 Å². The van der Waals surface area contributed by atoms with Gasteiger partial charge < -0.3 is 0 Å². The average molecular weight is 538 g/mol. The van der Waals surface area contributed by atoms with E-state index < -0.39 is 32.5 Å². The van der Waals surface area contributed by atoms with Crippen LogP contribution in [0.5, 0.6) is 0 Å². The molecule has 0 amide bonds.